The smallest absolute Gasteiger partial charge is 0.129 e. The Balaban J connectivity index is 1.51. The monoisotopic (exact) mass is 281 g/mol. The van der Waals surface area contributed by atoms with Crippen LogP contribution >= 0.6 is 0 Å². The van der Waals surface area contributed by atoms with Gasteiger partial charge in [-0.05, 0) is 68.2 Å². The highest BCUT2D eigenvalue weighted by Gasteiger charge is 2.40. The second kappa shape index (κ2) is 5.78. The van der Waals surface area contributed by atoms with Gasteiger partial charge < -0.3 is 10.4 Å². The zero-order chi connectivity index (χ0) is 14.1. The summed E-state index contributed by atoms with van der Waals surface area (Å²) in [5, 5.41) is 13.2. The second-order valence-electron chi connectivity index (χ2n) is 6.18. The van der Waals surface area contributed by atoms with Gasteiger partial charge >= 0.3 is 0 Å². The van der Waals surface area contributed by atoms with E-state index in [9.17, 15) is 13.9 Å². The third-order valence-electron chi connectivity index (χ3n) is 4.49. The first kappa shape index (κ1) is 14.0. The molecule has 3 rings (SSSR count). The van der Waals surface area contributed by atoms with Crippen molar-refractivity contribution in [1.29, 1.82) is 0 Å². The number of hydrogen-bond acceptors (Lipinski definition) is 2. The van der Waals surface area contributed by atoms with E-state index in [-0.39, 0.29) is 12.1 Å². The van der Waals surface area contributed by atoms with Crippen molar-refractivity contribution in [3.8, 4) is 0 Å². The molecule has 2 fully saturated rings. The van der Waals surface area contributed by atoms with Gasteiger partial charge in [0.2, 0.25) is 0 Å². The molecular weight excluding hydrogens is 260 g/mol. The highest BCUT2D eigenvalue weighted by molar-refractivity contribution is 5.21. The van der Waals surface area contributed by atoms with Crippen molar-refractivity contribution in [2.24, 2.45) is 17.8 Å². The highest BCUT2D eigenvalue weighted by atomic mass is 19.1. The molecule has 2 nitrogen and oxygen atoms in total. The van der Waals surface area contributed by atoms with Gasteiger partial charge in [-0.15, -0.1) is 0 Å². The lowest BCUT2D eigenvalue weighted by Crippen LogP contribution is -2.29. The lowest BCUT2D eigenvalue weighted by molar-refractivity contribution is 0.166. The summed E-state index contributed by atoms with van der Waals surface area (Å²) < 4.78 is 26.6. The molecule has 0 aromatic heterocycles. The third kappa shape index (κ3) is 3.36. The van der Waals surface area contributed by atoms with E-state index in [0.717, 1.165) is 36.6 Å². The van der Waals surface area contributed by atoms with E-state index in [2.05, 4.69) is 5.32 Å². The van der Waals surface area contributed by atoms with Crippen molar-refractivity contribution in [3.05, 3.63) is 35.4 Å². The van der Waals surface area contributed by atoms with Gasteiger partial charge in [0, 0.05) is 12.1 Å². The number of rotatable bonds is 7. The van der Waals surface area contributed by atoms with Crippen LogP contribution in [0.25, 0.3) is 0 Å². The summed E-state index contributed by atoms with van der Waals surface area (Å²) in [6.45, 7) is 1.15. The van der Waals surface area contributed by atoms with E-state index >= 15 is 0 Å². The summed E-state index contributed by atoms with van der Waals surface area (Å²) in [6, 6.07) is 3.20. The highest BCUT2D eigenvalue weighted by Crippen LogP contribution is 2.48. The molecule has 2 N–H and O–H groups in total. The molecule has 1 atom stereocenters. The van der Waals surface area contributed by atoms with E-state index in [4.69, 9.17) is 0 Å². The van der Waals surface area contributed by atoms with Crippen LogP contribution in [0.3, 0.4) is 0 Å². The summed E-state index contributed by atoms with van der Waals surface area (Å²) in [7, 11) is 0. The van der Waals surface area contributed by atoms with Gasteiger partial charge in [0.1, 0.15) is 11.6 Å². The van der Waals surface area contributed by atoms with Crippen LogP contribution in [-0.4, -0.2) is 18.2 Å². The Morgan fingerprint density at radius 1 is 1.10 bits per heavy atom. The van der Waals surface area contributed by atoms with Gasteiger partial charge in [-0.3, -0.25) is 0 Å². The van der Waals surface area contributed by atoms with Crippen LogP contribution in [0.2, 0.25) is 0 Å². The Morgan fingerprint density at radius 3 is 2.35 bits per heavy atom. The fourth-order valence-corrected chi connectivity index (χ4v) is 3.03. The van der Waals surface area contributed by atoms with Gasteiger partial charge in [0.05, 0.1) is 6.10 Å². The number of aliphatic hydroxyl groups excluding tert-OH is 1. The van der Waals surface area contributed by atoms with Crippen LogP contribution < -0.4 is 5.32 Å². The predicted octanol–water partition coefficient (Wildman–Crippen LogP) is 3.02. The summed E-state index contributed by atoms with van der Waals surface area (Å²) >= 11 is 0. The van der Waals surface area contributed by atoms with E-state index in [0.29, 0.717) is 5.92 Å². The molecule has 0 amide bonds. The van der Waals surface area contributed by atoms with Crippen LogP contribution in [0.4, 0.5) is 8.78 Å². The van der Waals surface area contributed by atoms with Gasteiger partial charge in [-0.1, -0.05) is 0 Å². The maximum Gasteiger partial charge on any atom is 0.129 e. The molecule has 0 radical (unpaired) electrons. The third-order valence-corrected chi connectivity index (χ3v) is 4.49. The Morgan fingerprint density at radius 2 is 1.75 bits per heavy atom. The number of nitrogens with one attached hydrogen (secondary N) is 1. The standard InChI is InChI=1S/C16H21F2NO/c17-12-5-6-15(18)13(7-12)16(20)9-19-8-14(10-1-2-10)11-3-4-11/h5-7,10-11,14,16,19-20H,1-4,8-9H2. The molecule has 0 bridgehead atoms. The number of aliphatic hydroxyl groups is 1. The summed E-state index contributed by atoms with van der Waals surface area (Å²) in [4.78, 5) is 0. The van der Waals surface area contributed by atoms with Gasteiger partial charge in [-0.2, -0.15) is 0 Å². The fourth-order valence-electron chi connectivity index (χ4n) is 3.03. The largest absolute Gasteiger partial charge is 0.387 e. The molecule has 1 aromatic carbocycles. The lowest BCUT2D eigenvalue weighted by Gasteiger charge is -2.18. The van der Waals surface area contributed by atoms with Gasteiger partial charge in [0.25, 0.3) is 0 Å². The molecule has 2 aliphatic carbocycles. The van der Waals surface area contributed by atoms with Gasteiger partial charge in [0.15, 0.2) is 0 Å². The van der Waals surface area contributed by atoms with Crippen molar-refractivity contribution < 1.29 is 13.9 Å². The number of benzene rings is 1. The maximum atomic E-state index is 13.5. The zero-order valence-electron chi connectivity index (χ0n) is 11.5. The minimum atomic E-state index is -0.996. The molecule has 0 saturated heterocycles. The second-order valence-corrected chi connectivity index (χ2v) is 6.18. The molecule has 2 saturated carbocycles. The average molecular weight is 281 g/mol. The Bertz CT molecular complexity index is 460. The molecule has 1 aromatic rings. The molecular formula is C16H21F2NO. The van der Waals surface area contributed by atoms with Crippen molar-refractivity contribution in [2.45, 2.75) is 31.8 Å². The molecule has 0 aliphatic heterocycles. The van der Waals surface area contributed by atoms with Crippen LogP contribution in [0.1, 0.15) is 37.4 Å². The van der Waals surface area contributed by atoms with Crippen molar-refractivity contribution in [2.75, 3.05) is 13.1 Å². The predicted molar refractivity (Wildman–Crippen MR) is 73.1 cm³/mol. The molecule has 20 heavy (non-hydrogen) atoms. The summed E-state index contributed by atoms with van der Waals surface area (Å²) in [5.41, 5.74) is 0.0342. The minimum absolute atomic E-state index is 0.0342. The summed E-state index contributed by atoms with van der Waals surface area (Å²) in [5.74, 6) is 1.33. The molecule has 0 spiro atoms. The molecule has 0 heterocycles. The van der Waals surface area contributed by atoms with E-state index in [1.54, 1.807) is 0 Å². The van der Waals surface area contributed by atoms with Crippen molar-refractivity contribution >= 4 is 0 Å². The van der Waals surface area contributed by atoms with Gasteiger partial charge in [-0.25, -0.2) is 8.78 Å². The van der Waals surface area contributed by atoms with Crippen LogP contribution in [0, 0.1) is 29.4 Å². The van der Waals surface area contributed by atoms with Crippen molar-refractivity contribution in [1.82, 2.24) is 5.32 Å². The topological polar surface area (TPSA) is 32.3 Å². The number of hydrogen-bond donors (Lipinski definition) is 2. The van der Waals surface area contributed by atoms with Crippen LogP contribution in [0.15, 0.2) is 18.2 Å². The number of halogens is 2. The SMILES string of the molecule is OC(CNCC(C1CC1)C1CC1)c1cc(F)ccc1F. The fraction of sp³-hybridized carbons (Fsp3) is 0.625. The molecule has 110 valence electrons. The molecule has 1 unspecified atom stereocenters. The minimum Gasteiger partial charge on any atom is -0.387 e. The quantitative estimate of drug-likeness (QED) is 0.805. The molecule has 2 aliphatic rings. The van der Waals surface area contributed by atoms with Crippen molar-refractivity contribution in [3.63, 3.8) is 0 Å². The van der Waals surface area contributed by atoms with E-state index < -0.39 is 17.7 Å². The normalized spacial score (nSPS) is 20.4. The Labute approximate surface area is 118 Å². The average Bonchev–Trinajstić information content (AvgIpc) is 3.29. The lowest BCUT2D eigenvalue weighted by atomic mass is 9.98. The maximum absolute atomic E-state index is 13.5. The van der Waals surface area contributed by atoms with Crippen LogP contribution in [-0.2, 0) is 0 Å². The Kier molecular flexibility index (Phi) is 4.03. The molecule has 4 heteroatoms. The Hall–Kier alpha value is -1.00. The first-order chi connectivity index (χ1) is 9.65. The first-order valence-electron chi connectivity index (χ1n) is 7.49. The van der Waals surface area contributed by atoms with E-state index in [1.807, 2.05) is 0 Å². The van der Waals surface area contributed by atoms with Crippen LogP contribution in [0.5, 0.6) is 0 Å². The van der Waals surface area contributed by atoms with E-state index in [1.165, 1.54) is 25.7 Å². The summed E-state index contributed by atoms with van der Waals surface area (Å²) in [6.07, 6.45) is 4.30. The first-order valence-corrected chi connectivity index (χ1v) is 7.49. The zero-order valence-corrected chi connectivity index (χ0v) is 11.5.